The van der Waals surface area contributed by atoms with Crippen molar-refractivity contribution in [3.05, 3.63) is 144 Å². The Balaban J connectivity index is 0.733. The van der Waals surface area contributed by atoms with Gasteiger partial charge in [-0.05, 0) is 78.7 Å². The van der Waals surface area contributed by atoms with Crippen molar-refractivity contribution in [3.8, 4) is 11.4 Å². The summed E-state index contributed by atoms with van der Waals surface area (Å²) in [6, 6.07) is 30.0. The summed E-state index contributed by atoms with van der Waals surface area (Å²) >= 11 is 0. The molecule has 0 saturated carbocycles. The van der Waals surface area contributed by atoms with Gasteiger partial charge in [0.05, 0.1) is 18.8 Å². The van der Waals surface area contributed by atoms with Gasteiger partial charge < -0.3 is 28.9 Å². The van der Waals surface area contributed by atoms with Gasteiger partial charge in [-0.3, -0.25) is 4.90 Å². The van der Waals surface area contributed by atoms with Gasteiger partial charge in [-0.15, -0.1) is 0 Å². The molecule has 0 N–H and O–H groups in total. The predicted octanol–water partition coefficient (Wildman–Crippen LogP) is 5.04. The summed E-state index contributed by atoms with van der Waals surface area (Å²) < 4.78 is 51.8. The summed E-state index contributed by atoms with van der Waals surface area (Å²) in [5.41, 5.74) is 4.23. The summed E-state index contributed by atoms with van der Waals surface area (Å²) in [5, 5.41) is 8.59. The lowest BCUT2D eigenvalue weighted by Gasteiger charge is -2.37. The molecule has 14 nitrogen and oxygen atoms in total. The highest BCUT2D eigenvalue weighted by Crippen LogP contribution is 2.38. The van der Waals surface area contributed by atoms with E-state index in [9.17, 15) is 13.6 Å². The highest BCUT2D eigenvalue weighted by atomic mass is 19.1. The Morgan fingerprint density at radius 3 is 2.05 bits per heavy atom. The maximum absolute atomic E-state index is 15.0. The minimum atomic E-state index is -1.52. The van der Waals surface area contributed by atoms with E-state index in [1.807, 2.05) is 36.4 Å². The third-order valence-corrected chi connectivity index (χ3v) is 11.7. The van der Waals surface area contributed by atoms with Crippen molar-refractivity contribution in [2.45, 2.75) is 31.9 Å². The minimum Gasteiger partial charge on any atom is -0.491 e. The van der Waals surface area contributed by atoms with Gasteiger partial charge in [-0.2, -0.15) is 10.2 Å². The summed E-state index contributed by atoms with van der Waals surface area (Å²) in [6.45, 7) is 11.4. The average molecular weight is 833 g/mol. The van der Waals surface area contributed by atoms with Crippen LogP contribution in [0, 0.1) is 17.6 Å². The molecule has 3 fully saturated rings. The van der Waals surface area contributed by atoms with Crippen LogP contribution in [0.2, 0.25) is 0 Å². The van der Waals surface area contributed by atoms with Crippen molar-refractivity contribution >= 4 is 17.1 Å². The van der Waals surface area contributed by atoms with Gasteiger partial charge in [-0.1, -0.05) is 25.1 Å². The molecule has 0 aliphatic carbocycles. The first-order valence-corrected chi connectivity index (χ1v) is 20.9. The summed E-state index contributed by atoms with van der Waals surface area (Å²) in [4.78, 5) is 27.0. The molecule has 318 valence electrons. The number of hydrogen-bond acceptors (Lipinski definition) is 11. The lowest BCUT2D eigenvalue weighted by Crippen LogP contribution is -2.48. The van der Waals surface area contributed by atoms with Crippen LogP contribution in [0.3, 0.4) is 0 Å². The van der Waals surface area contributed by atoms with Crippen LogP contribution in [0.15, 0.2) is 121 Å². The van der Waals surface area contributed by atoms with E-state index < -0.39 is 23.5 Å². The van der Waals surface area contributed by atoms with Crippen molar-refractivity contribution in [2.75, 3.05) is 86.8 Å². The first-order chi connectivity index (χ1) is 29.8. The number of nitrogens with zero attached hydrogens (tertiary/aromatic N) is 10. The first-order valence-electron chi connectivity index (χ1n) is 20.9. The van der Waals surface area contributed by atoms with E-state index >= 15 is 0 Å². The second kappa shape index (κ2) is 17.9. The molecule has 16 heteroatoms. The molecule has 0 amide bonds. The number of hydrogen-bond donors (Lipinski definition) is 0. The standard InChI is InChI=1S/C45H50F2N10O4/c1-34(26-51-17-19-52(20-18-51)36-5-3-2-4-6-36)27-57-44(58)56(33-50-57)39-10-8-37(9-11-39)53-21-23-54(24-22-53)38-12-14-40(15-13-38)59-28-41-29-60-45(61-41,30-55-32-48-31-49-55)42-16-7-35(46)25-43(42)47/h2-16,25,31-34,41H,17-24,26-30H2,1H3. The number of para-hydroxylation sites is 1. The molecule has 6 aromatic rings. The van der Waals surface area contributed by atoms with Gasteiger partial charge in [0.2, 0.25) is 5.79 Å². The monoisotopic (exact) mass is 832 g/mol. The van der Waals surface area contributed by atoms with Gasteiger partial charge in [0, 0.05) is 87.6 Å². The van der Waals surface area contributed by atoms with Crippen LogP contribution in [0.1, 0.15) is 12.5 Å². The summed E-state index contributed by atoms with van der Waals surface area (Å²) in [5.74, 6) is -2.02. The number of halogens is 2. The Morgan fingerprint density at radius 1 is 0.754 bits per heavy atom. The topological polar surface area (TPSA) is 111 Å². The molecule has 9 rings (SSSR count). The fourth-order valence-corrected chi connectivity index (χ4v) is 8.53. The molecular formula is C45H50F2N10O4. The highest BCUT2D eigenvalue weighted by molar-refractivity contribution is 5.55. The molecule has 3 aliphatic heterocycles. The molecule has 0 spiro atoms. The van der Waals surface area contributed by atoms with Crippen molar-refractivity contribution in [3.63, 3.8) is 0 Å². The molecule has 4 aromatic carbocycles. The van der Waals surface area contributed by atoms with Gasteiger partial charge in [0.1, 0.15) is 55.6 Å². The van der Waals surface area contributed by atoms with Crippen molar-refractivity contribution in [2.24, 2.45) is 5.92 Å². The number of benzene rings is 4. The van der Waals surface area contributed by atoms with Crippen molar-refractivity contribution in [1.82, 2.24) is 34.0 Å². The van der Waals surface area contributed by atoms with Crippen LogP contribution in [-0.2, 0) is 28.4 Å². The Labute approximate surface area is 353 Å². The highest BCUT2D eigenvalue weighted by Gasteiger charge is 2.46. The number of aromatic nitrogens is 6. The SMILES string of the molecule is CC(CN1CCN(c2ccccc2)CC1)Cn1ncn(-c2ccc(N3CCN(c4ccc(OCC5COC(Cn6cncn6)(c6ccc(F)cc6F)O5)cc4)CC3)cc2)c1=O. The molecule has 3 atom stereocenters. The first kappa shape index (κ1) is 40.3. The fraction of sp³-hybridized carbons (Fsp3) is 0.378. The third kappa shape index (κ3) is 9.16. The van der Waals surface area contributed by atoms with E-state index in [4.69, 9.17) is 14.2 Å². The van der Waals surface area contributed by atoms with Gasteiger partial charge in [0.25, 0.3) is 0 Å². The Kier molecular flexibility index (Phi) is 11.8. The van der Waals surface area contributed by atoms with E-state index in [1.165, 1.54) is 35.2 Å². The zero-order valence-corrected chi connectivity index (χ0v) is 34.2. The van der Waals surface area contributed by atoms with Crippen LogP contribution < -0.4 is 25.1 Å². The molecule has 5 heterocycles. The van der Waals surface area contributed by atoms with Crippen LogP contribution in [0.25, 0.3) is 5.69 Å². The molecule has 3 unspecified atom stereocenters. The van der Waals surface area contributed by atoms with E-state index in [0.717, 1.165) is 82.0 Å². The van der Waals surface area contributed by atoms with Gasteiger partial charge in [0.15, 0.2) is 0 Å². The lowest BCUT2D eigenvalue weighted by atomic mass is 10.0. The summed E-state index contributed by atoms with van der Waals surface area (Å²) in [7, 11) is 0. The van der Waals surface area contributed by atoms with Crippen LogP contribution >= 0.6 is 0 Å². The second-order valence-electron chi connectivity index (χ2n) is 16.0. The molecule has 2 aromatic heterocycles. The van der Waals surface area contributed by atoms with Crippen molar-refractivity contribution in [1.29, 1.82) is 0 Å². The average Bonchev–Trinajstić information content (AvgIpc) is 4.05. The zero-order valence-electron chi connectivity index (χ0n) is 34.2. The van der Waals surface area contributed by atoms with E-state index in [0.29, 0.717) is 12.3 Å². The zero-order chi connectivity index (χ0) is 41.8. The molecule has 0 bridgehead atoms. The fourth-order valence-electron chi connectivity index (χ4n) is 8.53. The molecular weight excluding hydrogens is 783 g/mol. The van der Waals surface area contributed by atoms with Crippen LogP contribution in [0.5, 0.6) is 5.75 Å². The molecule has 61 heavy (non-hydrogen) atoms. The van der Waals surface area contributed by atoms with Gasteiger partial charge >= 0.3 is 5.69 Å². The third-order valence-electron chi connectivity index (χ3n) is 11.7. The normalized spacial score (nSPS) is 20.3. The molecule has 3 aliphatic rings. The number of anilines is 3. The van der Waals surface area contributed by atoms with Crippen LogP contribution in [-0.4, -0.2) is 112 Å². The maximum atomic E-state index is 15.0. The van der Waals surface area contributed by atoms with Crippen molar-refractivity contribution < 1.29 is 23.0 Å². The smallest absolute Gasteiger partial charge is 0.350 e. The maximum Gasteiger partial charge on any atom is 0.350 e. The molecule has 0 radical (unpaired) electrons. The Hall–Kier alpha value is -6.10. The van der Waals surface area contributed by atoms with Crippen LogP contribution in [0.4, 0.5) is 25.8 Å². The largest absolute Gasteiger partial charge is 0.491 e. The van der Waals surface area contributed by atoms with E-state index in [2.05, 4.69) is 84.2 Å². The predicted molar refractivity (Wildman–Crippen MR) is 227 cm³/mol. The minimum absolute atomic E-state index is 0.0300. The molecule has 3 saturated heterocycles. The number of piperazine rings is 2. The van der Waals surface area contributed by atoms with E-state index in [-0.39, 0.29) is 36.9 Å². The summed E-state index contributed by atoms with van der Waals surface area (Å²) in [6.07, 6.45) is 3.97. The second-order valence-corrected chi connectivity index (χ2v) is 16.0. The quantitative estimate of drug-likeness (QED) is 0.147. The van der Waals surface area contributed by atoms with Gasteiger partial charge in [-0.25, -0.2) is 32.5 Å². The lowest BCUT2D eigenvalue weighted by molar-refractivity contribution is -0.192. The number of ether oxygens (including phenoxy) is 3. The van der Waals surface area contributed by atoms with E-state index in [1.54, 1.807) is 15.6 Å². The Morgan fingerprint density at radius 2 is 1.39 bits per heavy atom. The number of rotatable bonds is 14. The Bertz CT molecular complexity index is 2400.